The highest BCUT2D eigenvalue weighted by Crippen LogP contribution is 2.44. The fourth-order valence-electron chi connectivity index (χ4n) is 4.27. The van der Waals surface area contributed by atoms with Crippen molar-refractivity contribution in [1.82, 2.24) is 0 Å². The molecule has 0 saturated carbocycles. The van der Waals surface area contributed by atoms with Gasteiger partial charge in [0.1, 0.15) is 0 Å². The molecule has 29 heavy (non-hydrogen) atoms. The van der Waals surface area contributed by atoms with Crippen LogP contribution in [0.3, 0.4) is 0 Å². The maximum Gasteiger partial charge on any atom is 0.264 e. The number of benzene rings is 2. The lowest BCUT2D eigenvalue weighted by molar-refractivity contribution is -0.140. The zero-order valence-corrected chi connectivity index (χ0v) is 16.4. The van der Waals surface area contributed by atoms with Gasteiger partial charge in [0.05, 0.1) is 12.1 Å². The number of aliphatic hydroxyl groups is 1. The molecule has 1 amide bonds. The van der Waals surface area contributed by atoms with E-state index in [1.807, 2.05) is 49.4 Å². The summed E-state index contributed by atoms with van der Waals surface area (Å²) in [5.41, 5.74) is 2.80. The summed E-state index contributed by atoms with van der Waals surface area (Å²) in [4.78, 5) is 28.0. The number of unbranched alkanes of at least 4 members (excludes halogenated alkanes) is 1. The molecule has 4 rings (SSSR count). The van der Waals surface area contributed by atoms with Crippen LogP contribution in [0.25, 0.3) is 5.57 Å². The number of hydrogen-bond acceptors (Lipinski definition) is 3. The van der Waals surface area contributed by atoms with E-state index >= 15 is 0 Å². The average Bonchev–Trinajstić information content (AvgIpc) is 3.22. The van der Waals surface area contributed by atoms with Gasteiger partial charge in [-0.25, -0.2) is 0 Å². The van der Waals surface area contributed by atoms with E-state index in [0.717, 1.165) is 16.7 Å². The maximum absolute atomic E-state index is 13.2. The van der Waals surface area contributed by atoms with Gasteiger partial charge in [0.2, 0.25) is 0 Å². The Kier molecular flexibility index (Phi) is 4.86. The standard InChI is InChI=1S/C25H23NO3/c1-3-4-7-14-26-22-13-10-17(2)15-21(22)25(29,24(26)28)16-23(27)20-12-11-18-8-5-6-9-19(18)20/h1,5-6,8-10,12-13,15,29H,4,7,11,14,16H2,2H3. The first-order valence-corrected chi connectivity index (χ1v) is 9.86. The number of nitrogens with zero attached hydrogens (tertiary/aromatic N) is 1. The second-order valence-electron chi connectivity index (χ2n) is 7.72. The molecule has 0 spiro atoms. The number of terminal acetylenes is 1. The number of carbonyl (C=O) groups excluding carboxylic acids is 2. The lowest BCUT2D eigenvalue weighted by Gasteiger charge is -2.23. The molecule has 4 nitrogen and oxygen atoms in total. The van der Waals surface area contributed by atoms with Crippen LogP contribution in [0.1, 0.15) is 41.5 Å². The summed E-state index contributed by atoms with van der Waals surface area (Å²) < 4.78 is 0. The molecule has 1 unspecified atom stereocenters. The summed E-state index contributed by atoms with van der Waals surface area (Å²) >= 11 is 0. The number of Topliss-reactive ketones (excluding diaryl/α,β-unsaturated/α-hetero) is 1. The van der Waals surface area contributed by atoms with Crippen molar-refractivity contribution in [3.63, 3.8) is 0 Å². The number of anilines is 1. The number of fused-ring (bicyclic) bond motifs is 2. The molecule has 0 fully saturated rings. The molecule has 0 radical (unpaired) electrons. The van der Waals surface area contributed by atoms with E-state index in [2.05, 4.69) is 5.92 Å². The zero-order valence-electron chi connectivity index (χ0n) is 16.4. The summed E-state index contributed by atoms with van der Waals surface area (Å²) in [6, 6.07) is 13.3. The fourth-order valence-corrected chi connectivity index (χ4v) is 4.27. The molecular formula is C25H23NO3. The molecule has 1 atom stereocenters. The molecule has 0 bridgehead atoms. The molecule has 0 saturated heterocycles. The van der Waals surface area contributed by atoms with Crippen LogP contribution in [0.5, 0.6) is 0 Å². The largest absolute Gasteiger partial charge is 0.375 e. The Morgan fingerprint density at radius 3 is 2.86 bits per heavy atom. The lowest BCUT2D eigenvalue weighted by atomic mass is 9.86. The normalized spacial score (nSPS) is 19.6. The van der Waals surface area contributed by atoms with E-state index in [0.29, 0.717) is 42.6 Å². The van der Waals surface area contributed by atoms with Gasteiger partial charge in [0.25, 0.3) is 5.91 Å². The topological polar surface area (TPSA) is 57.6 Å². The first-order valence-electron chi connectivity index (χ1n) is 9.86. The lowest BCUT2D eigenvalue weighted by Crippen LogP contribution is -2.42. The maximum atomic E-state index is 13.2. The first-order chi connectivity index (χ1) is 14.0. The summed E-state index contributed by atoms with van der Waals surface area (Å²) in [6.07, 6.45) is 8.83. The van der Waals surface area contributed by atoms with Gasteiger partial charge in [0.15, 0.2) is 11.4 Å². The van der Waals surface area contributed by atoms with Gasteiger partial charge >= 0.3 is 0 Å². The number of allylic oxidation sites excluding steroid dienone is 2. The molecule has 2 aromatic carbocycles. The second kappa shape index (κ2) is 7.35. The third-order valence-corrected chi connectivity index (χ3v) is 5.74. The minimum Gasteiger partial charge on any atom is -0.375 e. The highest BCUT2D eigenvalue weighted by atomic mass is 16.3. The number of amides is 1. The van der Waals surface area contributed by atoms with Crippen molar-refractivity contribution in [2.45, 2.75) is 38.2 Å². The highest BCUT2D eigenvalue weighted by molar-refractivity contribution is 6.24. The van der Waals surface area contributed by atoms with E-state index in [9.17, 15) is 14.7 Å². The molecule has 0 aromatic heterocycles. The van der Waals surface area contributed by atoms with Crippen molar-refractivity contribution in [3.05, 3.63) is 70.8 Å². The smallest absolute Gasteiger partial charge is 0.264 e. The Labute approximate surface area is 170 Å². The SMILES string of the molecule is C#CCCCN1C(=O)C(O)(CC(=O)C2=CCc3ccccc32)c2cc(C)ccc21. The molecular weight excluding hydrogens is 362 g/mol. The zero-order chi connectivity index (χ0) is 20.6. The number of ketones is 1. The third-order valence-electron chi connectivity index (χ3n) is 5.74. The van der Waals surface area contributed by atoms with Gasteiger partial charge in [-0.05, 0) is 37.0 Å². The number of rotatable bonds is 6. The molecule has 1 heterocycles. The van der Waals surface area contributed by atoms with Crippen LogP contribution in [-0.2, 0) is 21.6 Å². The first kappa shape index (κ1) is 19.2. The van der Waals surface area contributed by atoms with Gasteiger partial charge in [-0.15, -0.1) is 12.3 Å². The number of carbonyl (C=O) groups is 2. The van der Waals surface area contributed by atoms with Crippen LogP contribution in [0.4, 0.5) is 5.69 Å². The van der Waals surface area contributed by atoms with Crippen molar-refractivity contribution in [2.75, 3.05) is 11.4 Å². The highest BCUT2D eigenvalue weighted by Gasteiger charge is 2.51. The van der Waals surface area contributed by atoms with E-state index in [4.69, 9.17) is 6.42 Å². The molecule has 1 N–H and O–H groups in total. The third kappa shape index (κ3) is 3.18. The Bertz CT molecular complexity index is 1080. The van der Waals surface area contributed by atoms with E-state index < -0.39 is 11.5 Å². The van der Waals surface area contributed by atoms with Crippen molar-refractivity contribution in [1.29, 1.82) is 0 Å². The number of aryl methyl sites for hydroxylation is 1. The van der Waals surface area contributed by atoms with Crippen molar-refractivity contribution < 1.29 is 14.7 Å². The molecule has 2 aliphatic rings. The summed E-state index contributed by atoms with van der Waals surface area (Å²) in [5, 5.41) is 11.5. The van der Waals surface area contributed by atoms with Crippen LogP contribution in [0.2, 0.25) is 0 Å². The molecule has 146 valence electrons. The van der Waals surface area contributed by atoms with E-state index in [1.54, 1.807) is 11.0 Å². The van der Waals surface area contributed by atoms with Gasteiger partial charge in [-0.1, -0.05) is 48.0 Å². The second-order valence-corrected chi connectivity index (χ2v) is 7.72. The Hall–Kier alpha value is -3.16. The quantitative estimate of drug-likeness (QED) is 0.611. The summed E-state index contributed by atoms with van der Waals surface area (Å²) in [7, 11) is 0. The molecule has 4 heteroatoms. The Morgan fingerprint density at radius 1 is 1.28 bits per heavy atom. The minimum absolute atomic E-state index is 0.219. The Balaban J connectivity index is 1.66. The predicted octanol–water partition coefficient (Wildman–Crippen LogP) is 3.54. The monoisotopic (exact) mass is 385 g/mol. The van der Waals surface area contributed by atoms with Crippen molar-refractivity contribution in [2.24, 2.45) is 0 Å². The summed E-state index contributed by atoms with van der Waals surface area (Å²) in [5.74, 6) is 1.91. The van der Waals surface area contributed by atoms with E-state index in [1.165, 1.54) is 0 Å². The van der Waals surface area contributed by atoms with Crippen molar-refractivity contribution in [3.8, 4) is 12.3 Å². The molecule has 1 aliphatic heterocycles. The number of hydrogen-bond donors (Lipinski definition) is 1. The van der Waals surface area contributed by atoms with Gasteiger partial charge < -0.3 is 10.0 Å². The van der Waals surface area contributed by atoms with Crippen LogP contribution < -0.4 is 4.90 Å². The summed E-state index contributed by atoms with van der Waals surface area (Å²) in [6.45, 7) is 2.32. The average molecular weight is 385 g/mol. The van der Waals surface area contributed by atoms with Crippen LogP contribution in [-0.4, -0.2) is 23.3 Å². The van der Waals surface area contributed by atoms with Crippen LogP contribution >= 0.6 is 0 Å². The van der Waals surface area contributed by atoms with E-state index in [-0.39, 0.29) is 12.2 Å². The van der Waals surface area contributed by atoms with Gasteiger partial charge in [-0.3, -0.25) is 9.59 Å². The molecule has 2 aromatic rings. The van der Waals surface area contributed by atoms with Crippen molar-refractivity contribution >= 4 is 23.0 Å². The van der Waals surface area contributed by atoms with Crippen LogP contribution in [0.15, 0.2) is 48.5 Å². The van der Waals surface area contributed by atoms with Gasteiger partial charge in [0, 0.05) is 24.1 Å². The minimum atomic E-state index is -1.85. The fraction of sp³-hybridized carbons (Fsp3) is 0.280. The van der Waals surface area contributed by atoms with Crippen LogP contribution in [0, 0.1) is 19.3 Å². The predicted molar refractivity (Wildman–Crippen MR) is 113 cm³/mol. The van der Waals surface area contributed by atoms with Gasteiger partial charge in [-0.2, -0.15) is 0 Å². The Morgan fingerprint density at radius 2 is 2.07 bits per heavy atom. The molecule has 1 aliphatic carbocycles.